The molecule has 0 saturated carbocycles. The van der Waals surface area contributed by atoms with Gasteiger partial charge in [-0.25, -0.2) is 4.79 Å². The molecule has 0 bridgehead atoms. The molecule has 1 rings (SSSR count). The molecule has 1 aromatic rings. The number of ether oxygens (including phenoxy) is 1. The number of nitrogens with two attached hydrogens (primary N) is 1. The first-order chi connectivity index (χ1) is 8.97. The second kappa shape index (κ2) is 7.25. The Labute approximate surface area is 120 Å². The minimum atomic E-state index is -0.392. The number of likely N-dealkylation sites (N-methyl/N-ethyl adjacent to an activating group) is 1. The minimum absolute atomic E-state index is 0.156. The van der Waals surface area contributed by atoms with Crippen LogP contribution < -0.4 is 5.73 Å². The Morgan fingerprint density at radius 3 is 2.63 bits per heavy atom. The van der Waals surface area contributed by atoms with Gasteiger partial charge in [0.1, 0.15) is 0 Å². The van der Waals surface area contributed by atoms with Gasteiger partial charge in [0.25, 0.3) is 0 Å². The van der Waals surface area contributed by atoms with E-state index in [0.29, 0.717) is 18.7 Å². The lowest BCUT2D eigenvalue weighted by Gasteiger charge is -2.20. The quantitative estimate of drug-likeness (QED) is 0.804. The fourth-order valence-electron chi connectivity index (χ4n) is 1.74. The highest BCUT2D eigenvalue weighted by Crippen LogP contribution is 2.19. The average molecular weight is 329 g/mol. The van der Waals surface area contributed by atoms with E-state index in [1.54, 1.807) is 12.1 Å². The van der Waals surface area contributed by atoms with Gasteiger partial charge in [0.15, 0.2) is 0 Å². The molecule has 0 heterocycles. The van der Waals surface area contributed by atoms with Gasteiger partial charge in [-0.15, -0.1) is 0 Å². The lowest BCUT2D eigenvalue weighted by Crippen LogP contribution is -2.33. The van der Waals surface area contributed by atoms with Gasteiger partial charge in [-0.05, 0) is 30.3 Å². The molecule has 19 heavy (non-hydrogen) atoms. The molecule has 0 aliphatic carbocycles. The number of hydrogen-bond donors (Lipinski definition) is 1. The Kier molecular flexibility index (Phi) is 5.98. The van der Waals surface area contributed by atoms with Crippen LogP contribution in [0.3, 0.4) is 0 Å². The molecular formula is C13H17BrN2O3. The molecular weight excluding hydrogens is 312 g/mol. The van der Waals surface area contributed by atoms with Crippen molar-refractivity contribution in [1.29, 1.82) is 0 Å². The number of halogens is 1. The van der Waals surface area contributed by atoms with Crippen LogP contribution in [0.1, 0.15) is 22.8 Å². The number of methoxy groups -OCH3 is 1. The molecule has 0 aliphatic rings. The molecule has 0 aliphatic heterocycles. The maximum absolute atomic E-state index is 11.7. The smallest absolute Gasteiger partial charge is 0.338 e. The summed E-state index contributed by atoms with van der Waals surface area (Å²) in [6, 6.07) is 5.32. The Hall–Kier alpha value is -1.40. The third kappa shape index (κ3) is 4.65. The Bertz CT molecular complexity index is 477. The highest BCUT2D eigenvalue weighted by atomic mass is 79.9. The summed E-state index contributed by atoms with van der Waals surface area (Å²) >= 11 is 3.37. The maximum Gasteiger partial charge on any atom is 0.338 e. The van der Waals surface area contributed by atoms with E-state index >= 15 is 0 Å². The SMILES string of the molecule is CCN(CC(N)=O)Cc1cc(Br)ccc1C(=O)OC. The lowest BCUT2D eigenvalue weighted by atomic mass is 10.1. The molecule has 1 amide bonds. The normalized spacial score (nSPS) is 10.5. The van der Waals surface area contributed by atoms with Crippen molar-refractivity contribution >= 4 is 27.8 Å². The van der Waals surface area contributed by atoms with Crippen molar-refractivity contribution in [2.45, 2.75) is 13.5 Å². The molecule has 0 fully saturated rings. The van der Waals surface area contributed by atoms with Crippen LogP contribution in [0.25, 0.3) is 0 Å². The summed E-state index contributed by atoms with van der Waals surface area (Å²) in [5.74, 6) is -0.783. The van der Waals surface area contributed by atoms with Crippen molar-refractivity contribution < 1.29 is 14.3 Å². The van der Waals surface area contributed by atoms with Gasteiger partial charge in [0.05, 0.1) is 19.2 Å². The maximum atomic E-state index is 11.7. The highest BCUT2D eigenvalue weighted by Gasteiger charge is 2.15. The summed E-state index contributed by atoms with van der Waals surface area (Å²) in [6.45, 7) is 3.21. The van der Waals surface area contributed by atoms with Crippen molar-refractivity contribution in [2.75, 3.05) is 20.2 Å². The molecule has 0 atom stereocenters. The summed E-state index contributed by atoms with van der Waals surface area (Å²) in [5.41, 5.74) is 6.48. The topological polar surface area (TPSA) is 72.6 Å². The number of amides is 1. The number of benzene rings is 1. The number of rotatable bonds is 6. The zero-order valence-corrected chi connectivity index (χ0v) is 12.6. The molecule has 2 N–H and O–H groups in total. The number of carbonyl (C=O) groups excluding carboxylic acids is 2. The largest absolute Gasteiger partial charge is 0.465 e. The second-order valence-electron chi connectivity index (χ2n) is 4.06. The Morgan fingerprint density at radius 1 is 1.42 bits per heavy atom. The number of hydrogen-bond acceptors (Lipinski definition) is 4. The van der Waals surface area contributed by atoms with Crippen LogP contribution in [-0.4, -0.2) is 37.0 Å². The lowest BCUT2D eigenvalue weighted by molar-refractivity contribution is -0.119. The van der Waals surface area contributed by atoms with Gasteiger partial charge in [0, 0.05) is 11.0 Å². The van der Waals surface area contributed by atoms with Gasteiger partial charge < -0.3 is 10.5 Å². The fraction of sp³-hybridized carbons (Fsp3) is 0.385. The number of carbonyl (C=O) groups is 2. The van der Waals surface area contributed by atoms with Gasteiger partial charge in [-0.1, -0.05) is 22.9 Å². The van der Waals surface area contributed by atoms with Crippen LogP contribution >= 0.6 is 15.9 Å². The molecule has 0 spiro atoms. The average Bonchev–Trinajstić information content (AvgIpc) is 2.36. The molecule has 0 saturated heterocycles. The summed E-state index contributed by atoms with van der Waals surface area (Å²) in [7, 11) is 1.34. The molecule has 104 valence electrons. The van der Waals surface area contributed by atoms with Gasteiger partial charge in [0.2, 0.25) is 5.91 Å². The van der Waals surface area contributed by atoms with E-state index in [-0.39, 0.29) is 6.54 Å². The molecule has 1 aromatic carbocycles. The van der Waals surface area contributed by atoms with E-state index in [2.05, 4.69) is 15.9 Å². The van der Waals surface area contributed by atoms with Crippen LogP contribution in [-0.2, 0) is 16.1 Å². The van der Waals surface area contributed by atoms with Crippen molar-refractivity contribution in [3.05, 3.63) is 33.8 Å². The fourth-order valence-corrected chi connectivity index (χ4v) is 2.15. The van der Waals surface area contributed by atoms with Crippen LogP contribution in [0.2, 0.25) is 0 Å². The Morgan fingerprint density at radius 2 is 2.11 bits per heavy atom. The van der Waals surface area contributed by atoms with Crippen LogP contribution in [0, 0.1) is 0 Å². The molecule has 0 aromatic heterocycles. The van der Waals surface area contributed by atoms with E-state index in [4.69, 9.17) is 10.5 Å². The first-order valence-corrected chi connectivity index (χ1v) is 6.64. The number of nitrogens with zero attached hydrogens (tertiary/aromatic N) is 1. The van der Waals surface area contributed by atoms with Crippen molar-refractivity contribution in [3.63, 3.8) is 0 Å². The third-order valence-corrected chi connectivity index (χ3v) is 3.19. The van der Waals surface area contributed by atoms with Gasteiger partial charge in [-0.3, -0.25) is 9.69 Å². The Balaban J connectivity index is 3.00. The van der Waals surface area contributed by atoms with E-state index in [1.165, 1.54) is 7.11 Å². The van der Waals surface area contributed by atoms with Gasteiger partial charge >= 0.3 is 5.97 Å². The molecule has 5 nitrogen and oxygen atoms in total. The summed E-state index contributed by atoms with van der Waals surface area (Å²) in [6.07, 6.45) is 0. The van der Waals surface area contributed by atoms with Crippen LogP contribution in [0.15, 0.2) is 22.7 Å². The van der Waals surface area contributed by atoms with Crippen LogP contribution in [0.4, 0.5) is 0 Å². The highest BCUT2D eigenvalue weighted by molar-refractivity contribution is 9.10. The van der Waals surface area contributed by atoms with E-state index < -0.39 is 11.9 Å². The standard InChI is InChI=1S/C13H17BrN2O3/c1-3-16(8-12(15)17)7-9-6-10(14)4-5-11(9)13(18)19-2/h4-6H,3,7-8H2,1-2H3,(H2,15,17). The molecule has 0 radical (unpaired) electrons. The van der Waals surface area contributed by atoms with E-state index in [0.717, 1.165) is 10.0 Å². The van der Waals surface area contributed by atoms with E-state index in [1.807, 2.05) is 17.9 Å². The second-order valence-corrected chi connectivity index (χ2v) is 4.98. The van der Waals surface area contributed by atoms with E-state index in [9.17, 15) is 9.59 Å². The molecule has 0 unspecified atom stereocenters. The zero-order valence-electron chi connectivity index (χ0n) is 11.0. The predicted octanol–water partition coefficient (Wildman–Crippen LogP) is 1.54. The molecule has 6 heteroatoms. The summed E-state index contributed by atoms with van der Waals surface area (Å²) < 4.78 is 5.61. The zero-order chi connectivity index (χ0) is 14.4. The predicted molar refractivity (Wildman–Crippen MR) is 75.6 cm³/mol. The summed E-state index contributed by atoms with van der Waals surface area (Å²) in [4.78, 5) is 24.5. The van der Waals surface area contributed by atoms with Crippen molar-refractivity contribution in [3.8, 4) is 0 Å². The van der Waals surface area contributed by atoms with Crippen molar-refractivity contribution in [2.24, 2.45) is 5.73 Å². The van der Waals surface area contributed by atoms with Crippen molar-refractivity contribution in [1.82, 2.24) is 4.90 Å². The first-order valence-electron chi connectivity index (χ1n) is 5.85. The first kappa shape index (κ1) is 15.7. The minimum Gasteiger partial charge on any atom is -0.465 e. The van der Waals surface area contributed by atoms with Crippen LogP contribution in [0.5, 0.6) is 0 Å². The number of esters is 1. The monoisotopic (exact) mass is 328 g/mol. The number of primary amides is 1. The van der Waals surface area contributed by atoms with Gasteiger partial charge in [-0.2, -0.15) is 0 Å². The summed E-state index contributed by atoms with van der Waals surface area (Å²) in [5, 5.41) is 0. The third-order valence-electron chi connectivity index (χ3n) is 2.69.